The molecule has 4 unspecified atom stereocenters. The smallest absolute Gasteiger partial charge is 0.136 e. The van der Waals surface area contributed by atoms with E-state index in [0.29, 0.717) is 29.5 Å². The van der Waals surface area contributed by atoms with Gasteiger partial charge in [-0.15, -0.1) is 0 Å². The van der Waals surface area contributed by atoms with Gasteiger partial charge < -0.3 is 10.2 Å². The fraction of sp³-hybridized carbons (Fsp3) is 0.952. The Hall–Kier alpha value is -0.410. The van der Waals surface area contributed by atoms with Crippen molar-refractivity contribution in [2.45, 2.75) is 84.3 Å². The van der Waals surface area contributed by atoms with Crippen molar-refractivity contribution in [3.8, 4) is 0 Å². The molecule has 3 nitrogen and oxygen atoms in total. The van der Waals surface area contributed by atoms with Gasteiger partial charge in [-0.3, -0.25) is 4.79 Å². The van der Waals surface area contributed by atoms with Crippen LogP contribution in [0.3, 0.4) is 0 Å². The van der Waals surface area contributed by atoms with Crippen LogP contribution in [0.15, 0.2) is 0 Å². The lowest BCUT2D eigenvalue weighted by molar-refractivity contribution is -0.159. The number of ketones is 1. The van der Waals surface area contributed by atoms with Gasteiger partial charge in [-0.25, -0.2) is 0 Å². The van der Waals surface area contributed by atoms with E-state index in [1.54, 1.807) is 0 Å². The van der Waals surface area contributed by atoms with Crippen molar-refractivity contribution in [2.24, 2.45) is 40.4 Å². The Balaban J connectivity index is 1.64. The molecule has 136 valence electrons. The van der Waals surface area contributed by atoms with Crippen LogP contribution in [0.25, 0.3) is 0 Å². The quantitative estimate of drug-likeness (QED) is 0.771. The minimum atomic E-state index is -0.563. The molecule has 4 fully saturated rings. The fourth-order valence-corrected chi connectivity index (χ4v) is 7.86. The van der Waals surface area contributed by atoms with Gasteiger partial charge in [0.25, 0.3) is 0 Å². The molecule has 0 aliphatic heterocycles. The molecule has 0 saturated heterocycles. The summed E-state index contributed by atoms with van der Waals surface area (Å²) in [5.74, 6) is 3.15. The minimum Gasteiger partial charge on any atom is -0.390 e. The molecule has 9 atom stereocenters. The standard InChI is InChI=1S/C21H34O3/c1-4-14-17(22)10-16-13-6-5-12-9-18(23)19(24)11-21(12,3)15(13)7-8-20(14,16)2/h12-16,18-19,23-24H,4-11H2,1-3H3/t12?,13?,14-,15?,16?,18+,19+,20+,21-/m0/s1. The zero-order valence-corrected chi connectivity index (χ0v) is 15.5. The van der Waals surface area contributed by atoms with Gasteiger partial charge in [-0.05, 0) is 79.4 Å². The van der Waals surface area contributed by atoms with Crippen molar-refractivity contribution in [3.05, 3.63) is 0 Å². The summed E-state index contributed by atoms with van der Waals surface area (Å²) in [6.07, 6.45) is 6.96. The molecule has 0 aromatic carbocycles. The lowest BCUT2D eigenvalue weighted by atomic mass is 9.44. The Kier molecular flexibility index (Phi) is 3.93. The maximum absolute atomic E-state index is 12.6. The zero-order chi connectivity index (χ0) is 17.3. The van der Waals surface area contributed by atoms with Gasteiger partial charge in [-0.2, -0.15) is 0 Å². The minimum absolute atomic E-state index is 0.149. The molecular formula is C21H34O3. The maximum Gasteiger partial charge on any atom is 0.136 e. The van der Waals surface area contributed by atoms with Crippen LogP contribution in [-0.4, -0.2) is 28.2 Å². The predicted octanol–water partition coefficient (Wildman–Crippen LogP) is 3.57. The Labute approximate surface area is 146 Å². The third-order valence-electron chi connectivity index (χ3n) is 9.14. The monoisotopic (exact) mass is 334 g/mol. The molecule has 0 aromatic heterocycles. The molecule has 0 spiro atoms. The maximum atomic E-state index is 12.6. The number of aliphatic hydroxyl groups excluding tert-OH is 2. The highest BCUT2D eigenvalue weighted by Gasteiger charge is 2.62. The van der Waals surface area contributed by atoms with E-state index in [2.05, 4.69) is 20.8 Å². The van der Waals surface area contributed by atoms with Crippen molar-refractivity contribution < 1.29 is 15.0 Å². The molecule has 0 bridgehead atoms. The third kappa shape index (κ3) is 2.13. The average molecular weight is 335 g/mol. The highest BCUT2D eigenvalue weighted by atomic mass is 16.3. The van der Waals surface area contributed by atoms with Crippen LogP contribution >= 0.6 is 0 Å². The van der Waals surface area contributed by atoms with Crippen LogP contribution in [-0.2, 0) is 4.79 Å². The first-order chi connectivity index (χ1) is 11.3. The zero-order valence-electron chi connectivity index (χ0n) is 15.5. The molecule has 2 N–H and O–H groups in total. The van der Waals surface area contributed by atoms with E-state index < -0.39 is 12.2 Å². The van der Waals surface area contributed by atoms with Gasteiger partial charge in [0.05, 0.1) is 12.2 Å². The number of aliphatic hydroxyl groups is 2. The summed E-state index contributed by atoms with van der Waals surface area (Å²) >= 11 is 0. The van der Waals surface area contributed by atoms with Crippen molar-refractivity contribution >= 4 is 5.78 Å². The molecule has 24 heavy (non-hydrogen) atoms. The SMILES string of the molecule is CC[C@H]1C(=O)CC2C3CCC4C[C@@H](O)[C@H](O)C[C@]4(C)C3CC[C@@]21C. The molecule has 0 heterocycles. The molecule has 0 aromatic rings. The lowest BCUT2D eigenvalue weighted by Gasteiger charge is -2.61. The van der Waals surface area contributed by atoms with E-state index in [1.807, 2.05) is 0 Å². The van der Waals surface area contributed by atoms with Gasteiger partial charge in [0, 0.05) is 12.3 Å². The number of hydrogen-bond donors (Lipinski definition) is 2. The van der Waals surface area contributed by atoms with Crippen molar-refractivity contribution in [1.29, 1.82) is 0 Å². The second-order valence-electron chi connectivity index (χ2n) is 9.91. The van der Waals surface area contributed by atoms with Crippen molar-refractivity contribution in [2.75, 3.05) is 0 Å². The van der Waals surface area contributed by atoms with E-state index in [4.69, 9.17) is 0 Å². The summed E-state index contributed by atoms with van der Waals surface area (Å²) in [5, 5.41) is 20.5. The third-order valence-corrected chi connectivity index (χ3v) is 9.14. The van der Waals surface area contributed by atoms with Gasteiger partial charge >= 0.3 is 0 Å². The Bertz CT molecular complexity index is 531. The summed E-state index contributed by atoms with van der Waals surface area (Å²) in [7, 11) is 0. The summed E-state index contributed by atoms with van der Waals surface area (Å²) in [5.41, 5.74) is 0.360. The van der Waals surface area contributed by atoms with Crippen LogP contribution < -0.4 is 0 Å². The first-order valence-corrected chi connectivity index (χ1v) is 10.2. The first-order valence-electron chi connectivity index (χ1n) is 10.2. The number of fused-ring (bicyclic) bond motifs is 5. The molecule has 4 aliphatic carbocycles. The molecule has 4 rings (SSSR count). The van der Waals surface area contributed by atoms with Gasteiger partial charge in [0.15, 0.2) is 0 Å². The molecule has 0 amide bonds. The second kappa shape index (κ2) is 5.54. The van der Waals surface area contributed by atoms with Gasteiger partial charge in [-0.1, -0.05) is 20.8 Å². The highest BCUT2D eigenvalue weighted by Crippen LogP contribution is 2.67. The number of hydrogen-bond acceptors (Lipinski definition) is 3. The fourth-order valence-electron chi connectivity index (χ4n) is 7.86. The summed E-state index contributed by atoms with van der Waals surface area (Å²) in [4.78, 5) is 12.6. The number of carbonyl (C=O) groups is 1. The van der Waals surface area contributed by atoms with Crippen LogP contribution in [0.4, 0.5) is 0 Å². The molecule has 4 saturated carbocycles. The summed E-state index contributed by atoms with van der Waals surface area (Å²) in [6.45, 7) is 6.94. The molecular weight excluding hydrogens is 300 g/mol. The van der Waals surface area contributed by atoms with E-state index in [-0.39, 0.29) is 16.7 Å². The number of rotatable bonds is 1. The molecule has 0 radical (unpaired) electrons. The second-order valence-corrected chi connectivity index (χ2v) is 9.91. The van der Waals surface area contributed by atoms with Gasteiger partial charge in [0.2, 0.25) is 0 Å². The molecule has 3 heteroatoms. The number of Topliss-reactive ketones (excluding diaryl/α,β-unsaturated/α-hetero) is 1. The Morgan fingerprint density at radius 2 is 1.79 bits per heavy atom. The van der Waals surface area contributed by atoms with E-state index in [9.17, 15) is 15.0 Å². The van der Waals surface area contributed by atoms with E-state index in [0.717, 1.165) is 25.7 Å². The van der Waals surface area contributed by atoms with E-state index >= 15 is 0 Å². The number of carbonyl (C=O) groups excluding carboxylic acids is 1. The van der Waals surface area contributed by atoms with Crippen LogP contribution in [0.2, 0.25) is 0 Å². The Morgan fingerprint density at radius 3 is 2.50 bits per heavy atom. The largest absolute Gasteiger partial charge is 0.390 e. The summed E-state index contributed by atoms with van der Waals surface area (Å²) < 4.78 is 0. The average Bonchev–Trinajstić information content (AvgIpc) is 2.78. The molecule has 4 aliphatic rings. The lowest BCUT2D eigenvalue weighted by Crippen LogP contribution is -2.56. The van der Waals surface area contributed by atoms with E-state index in [1.165, 1.54) is 25.7 Å². The Morgan fingerprint density at radius 1 is 1.04 bits per heavy atom. The normalized spacial score (nSPS) is 57.2. The van der Waals surface area contributed by atoms with Crippen molar-refractivity contribution in [3.63, 3.8) is 0 Å². The highest BCUT2D eigenvalue weighted by molar-refractivity contribution is 5.84. The first kappa shape index (κ1) is 17.0. The van der Waals surface area contributed by atoms with Crippen LogP contribution in [0.5, 0.6) is 0 Å². The van der Waals surface area contributed by atoms with Crippen LogP contribution in [0.1, 0.15) is 72.1 Å². The van der Waals surface area contributed by atoms with Crippen LogP contribution in [0, 0.1) is 40.4 Å². The topological polar surface area (TPSA) is 57.5 Å². The van der Waals surface area contributed by atoms with Gasteiger partial charge in [0.1, 0.15) is 5.78 Å². The summed E-state index contributed by atoms with van der Waals surface area (Å²) in [6, 6.07) is 0. The predicted molar refractivity (Wildman–Crippen MR) is 93.3 cm³/mol. The van der Waals surface area contributed by atoms with Crippen molar-refractivity contribution in [1.82, 2.24) is 0 Å².